The molecular formula is C31H33NO2. The van der Waals surface area contributed by atoms with E-state index in [-0.39, 0.29) is 5.75 Å². The third-order valence-electron chi connectivity index (χ3n) is 5.99. The number of ether oxygens (including phenoxy) is 1. The van der Waals surface area contributed by atoms with E-state index < -0.39 is 0 Å². The molecule has 0 fully saturated rings. The normalized spacial score (nSPS) is 10.7. The highest BCUT2D eigenvalue weighted by Crippen LogP contribution is 2.32. The molecule has 0 atom stereocenters. The zero-order valence-corrected chi connectivity index (χ0v) is 19.8. The van der Waals surface area contributed by atoms with Crippen LogP contribution in [-0.4, -0.2) is 5.11 Å². The van der Waals surface area contributed by atoms with Gasteiger partial charge in [-0.2, -0.15) is 0 Å². The molecule has 0 spiro atoms. The van der Waals surface area contributed by atoms with Gasteiger partial charge in [0.05, 0.1) is 5.69 Å². The SMILES string of the molecule is CCCCCc1ccc(COc2ccc(-c3ccc(O)cc3)cc2NCc2ccccc2)cc1. The second kappa shape index (κ2) is 11.9. The molecule has 0 amide bonds. The van der Waals surface area contributed by atoms with Crippen LogP contribution in [0.5, 0.6) is 11.5 Å². The number of phenolic OH excluding ortho intramolecular Hbond substituents is 1. The summed E-state index contributed by atoms with van der Waals surface area (Å²) in [4.78, 5) is 0. The van der Waals surface area contributed by atoms with Crippen LogP contribution in [0.3, 0.4) is 0 Å². The molecule has 174 valence electrons. The van der Waals surface area contributed by atoms with Crippen LogP contribution in [0.2, 0.25) is 0 Å². The highest BCUT2D eigenvalue weighted by Gasteiger charge is 2.08. The lowest BCUT2D eigenvalue weighted by Gasteiger charge is -2.16. The van der Waals surface area contributed by atoms with Crippen molar-refractivity contribution in [3.63, 3.8) is 0 Å². The van der Waals surface area contributed by atoms with Crippen molar-refractivity contribution in [3.05, 3.63) is 114 Å². The number of phenols is 1. The fraction of sp³-hybridized carbons (Fsp3) is 0.226. The van der Waals surface area contributed by atoms with E-state index in [2.05, 4.69) is 60.8 Å². The number of aryl methyl sites for hydroxylation is 1. The van der Waals surface area contributed by atoms with Crippen LogP contribution in [0, 0.1) is 0 Å². The largest absolute Gasteiger partial charge is 0.508 e. The molecule has 4 rings (SSSR count). The maximum absolute atomic E-state index is 9.63. The zero-order chi connectivity index (χ0) is 23.6. The molecule has 0 aliphatic rings. The Morgan fingerprint density at radius 1 is 0.706 bits per heavy atom. The number of aromatic hydroxyl groups is 1. The summed E-state index contributed by atoms with van der Waals surface area (Å²) < 4.78 is 6.26. The molecule has 0 aliphatic heterocycles. The molecular weight excluding hydrogens is 418 g/mol. The van der Waals surface area contributed by atoms with Crippen LogP contribution >= 0.6 is 0 Å². The molecule has 3 nitrogen and oxygen atoms in total. The number of hydrogen-bond acceptors (Lipinski definition) is 3. The fourth-order valence-electron chi connectivity index (χ4n) is 3.96. The standard InChI is InChI=1S/C31H33NO2/c1-2-3-5-8-24-11-13-26(14-12-24)23-34-31-20-17-28(27-15-18-29(33)19-16-27)21-30(31)32-22-25-9-6-4-7-10-25/h4,6-7,9-21,32-33H,2-3,5,8,22-23H2,1H3. The second-order valence-corrected chi connectivity index (χ2v) is 8.66. The molecule has 0 unspecified atom stereocenters. The van der Waals surface area contributed by atoms with Crippen molar-refractivity contribution in [1.82, 2.24) is 0 Å². The van der Waals surface area contributed by atoms with E-state index in [9.17, 15) is 5.11 Å². The molecule has 3 heteroatoms. The Labute approximate surface area is 203 Å². The first-order valence-electron chi connectivity index (χ1n) is 12.1. The maximum Gasteiger partial charge on any atom is 0.142 e. The number of rotatable bonds is 11. The molecule has 4 aromatic carbocycles. The third-order valence-corrected chi connectivity index (χ3v) is 5.99. The van der Waals surface area contributed by atoms with Gasteiger partial charge in [0.25, 0.3) is 0 Å². The van der Waals surface area contributed by atoms with E-state index in [1.165, 1.54) is 30.4 Å². The lowest BCUT2D eigenvalue weighted by atomic mass is 10.0. The Kier molecular flexibility index (Phi) is 8.23. The van der Waals surface area contributed by atoms with Gasteiger partial charge in [0.15, 0.2) is 0 Å². The van der Waals surface area contributed by atoms with Crippen molar-refractivity contribution in [2.45, 2.75) is 45.8 Å². The minimum Gasteiger partial charge on any atom is -0.508 e. The van der Waals surface area contributed by atoms with Crippen molar-refractivity contribution in [2.24, 2.45) is 0 Å². The Morgan fingerprint density at radius 2 is 1.41 bits per heavy atom. The van der Waals surface area contributed by atoms with Gasteiger partial charge >= 0.3 is 0 Å². The Morgan fingerprint density at radius 3 is 2.15 bits per heavy atom. The lowest BCUT2D eigenvalue weighted by Crippen LogP contribution is -2.03. The minimum atomic E-state index is 0.266. The van der Waals surface area contributed by atoms with E-state index in [1.54, 1.807) is 12.1 Å². The number of unbranched alkanes of at least 4 members (excludes halogenated alkanes) is 2. The summed E-state index contributed by atoms with van der Waals surface area (Å²) >= 11 is 0. The molecule has 0 aliphatic carbocycles. The van der Waals surface area contributed by atoms with Crippen molar-refractivity contribution in [1.29, 1.82) is 0 Å². The predicted molar refractivity (Wildman–Crippen MR) is 141 cm³/mol. The maximum atomic E-state index is 9.63. The molecule has 4 aromatic rings. The van der Waals surface area contributed by atoms with Crippen molar-refractivity contribution < 1.29 is 9.84 Å². The average Bonchev–Trinajstić information content (AvgIpc) is 2.88. The highest BCUT2D eigenvalue weighted by atomic mass is 16.5. The van der Waals surface area contributed by atoms with Crippen LogP contribution in [-0.2, 0) is 19.6 Å². The van der Waals surface area contributed by atoms with Crippen molar-refractivity contribution in [2.75, 3.05) is 5.32 Å². The topological polar surface area (TPSA) is 41.5 Å². The average molecular weight is 452 g/mol. The summed E-state index contributed by atoms with van der Waals surface area (Å²) in [6, 6.07) is 32.6. The minimum absolute atomic E-state index is 0.266. The van der Waals surface area contributed by atoms with Crippen LogP contribution in [0.4, 0.5) is 5.69 Å². The van der Waals surface area contributed by atoms with E-state index in [4.69, 9.17) is 4.74 Å². The molecule has 0 heterocycles. The Balaban J connectivity index is 1.48. The van der Waals surface area contributed by atoms with Gasteiger partial charge in [-0.05, 0) is 64.9 Å². The third kappa shape index (κ3) is 6.64. The lowest BCUT2D eigenvalue weighted by molar-refractivity contribution is 0.307. The molecule has 0 saturated heterocycles. The summed E-state index contributed by atoms with van der Waals surface area (Å²) in [7, 11) is 0. The van der Waals surface area contributed by atoms with Gasteiger partial charge in [-0.15, -0.1) is 0 Å². The van der Waals surface area contributed by atoms with Gasteiger partial charge < -0.3 is 15.2 Å². The molecule has 0 bridgehead atoms. The molecule has 0 radical (unpaired) electrons. The Hall–Kier alpha value is -3.72. The van der Waals surface area contributed by atoms with Gasteiger partial charge in [-0.3, -0.25) is 0 Å². The number of benzene rings is 4. The number of nitrogens with one attached hydrogen (secondary N) is 1. The molecule has 34 heavy (non-hydrogen) atoms. The van der Waals surface area contributed by atoms with E-state index in [0.717, 1.165) is 34.5 Å². The summed E-state index contributed by atoms with van der Waals surface area (Å²) in [6.45, 7) is 3.47. The van der Waals surface area contributed by atoms with Gasteiger partial charge in [-0.25, -0.2) is 0 Å². The smallest absolute Gasteiger partial charge is 0.142 e. The van der Waals surface area contributed by atoms with Crippen LogP contribution in [0.15, 0.2) is 97.1 Å². The van der Waals surface area contributed by atoms with E-state index in [0.29, 0.717) is 13.2 Å². The molecule has 0 saturated carbocycles. The predicted octanol–water partition coefficient (Wildman–Crippen LogP) is 7.98. The first-order chi connectivity index (χ1) is 16.7. The summed E-state index contributed by atoms with van der Waals surface area (Å²) in [6.07, 6.45) is 4.92. The van der Waals surface area contributed by atoms with Gasteiger partial charge in [-0.1, -0.05) is 92.6 Å². The molecule has 0 aromatic heterocycles. The zero-order valence-electron chi connectivity index (χ0n) is 19.8. The first-order valence-corrected chi connectivity index (χ1v) is 12.1. The van der Waals surface area contributed by atoms with Crippen LogP contribution in [0.25, 0.3) is 11.1 Å². The summed E-state index contributed by atoms with van der Waals surface area (Å²) in [5.41, 5.74) is 6.83. The summed E-state index contributed by atoms with van der Waals surface area (Å²) in [5, 5.41) is 13.2. The van der Waals surface area contributed by atoms with Crippen LogP contribution in [0.1, 0.15) is 42.9 Å². The van der Waals surface area contributed by atoms with E-state index >= 15 is 0 Å². The fourth-order valence-corrected chi connectivity index (χ4v) is 3.96. The quantitative estimate of drug-likeness (QED) is 0.227. The van der Waals surface area contributed by atoms with Gasteiger partial charge in [0.2, 0.25) is 0 Å². The van der Waals surface area contributed by atoms with E-state index in [1.807, 2.05) is 36.4 Å². The molecule has 2 N–H and O–H groups in total. The number of anilines is 1. The van der Waals surface area contributed by atoms with Crippen molar-refractivity contribution >= 4 is 5.69 Å². The monoisotopic (exact) mass is 451 g/mol. The second-order valence-electron chi connectivity index (χ2n) is 8.66. The van der Waals surface area contributed by atoms with Crippen molar-refractivity contribution in [3.8, 4) is 22.6 Å². The van der Waals surface area contributed by atoms with Gasteiger partial charge in [0, 0.05) is 6.54 Å². The number of hydrogen-bond donors (Lipinski definition) is 2. The van der Waals surface area contributed by atoms with Gasteiger partial charge in [0.1, 0.15) is 18.1 Å². The Bertz CT molecular complexity index is 1150. The highest BCUT2D eigenvalue weighted by molar-refractivity contribution is 5.72. The van der Waals surface area contributed by atoms with Crippen LogP contribution < -0.4 is 10.1 Å². The summed E-state index contributed by atoms with van der Waals surface area (Å²) in [5.74, 6) is 1.09. The first kappa shape index (κ1) is 23.4.